The van der Waals surface area contributed by atoms with Crippen LogP contribution >= 0.6 is 35.3 Å². The van der Waals surface area contributed by atoms with Crippen LogP contribution in [-0.4, -0.2) is 36.0 Å². The number of rotatable bonds is 6. The number of nitrogens with zero attached hydrogens (tertiary/aromatic N) is 3. The third kappa shape index (κ3) is 6.50. The van der Waals surface area contributed by atoms with Gasteiger partial charge in [0, 0.05) is 31.1 Å². The van der Waals surface area contributed by atoms with Crippen LogP contribution in [0.1, 0.15) is 23.2 Å². The van der Waals surface area contributed by atoms with Gasteiger partial charge in [-0.2, -0.15) is 0 Å². The van der Waals surface area contributed by atoms with E-state index in [-0.39, 0.29) is 36.0 Å². The number of thiazole rings is 1. The highest BCUT2D eigenvalue weighted by Gasteiger charge is 2.10. The van der Waals surface area contributed by atoms with Gasteiger partial charge in [0.2, 0.25) is 0 Å². The standard InChI is InChI=1S/C17H22F2N4S.HI/c1-4-20-17(23(3)10-13-11-24-12(2)22-13)21-9-8-14-15(18)6-5-7-16(14)19;/h5-7,11H,4,8-10H2,1-3H3,(H,20,21);1H. The van der Waals surface area contributed by atoms with Gasteiger partial charge in [-0.15, -0.1) is 35.3 Å². The van der Waals surface area contributed by atoms with E-state index in [0.29, 0.717) is 25.6 Å². The fourth-order valence-electron chi connectivity index (χ4n) is 2.31. The minimum absolute atomic E-state index is 0. The van der Waals surface area contributed by atoms with Gasteiger partial charge in [-0.25, -0.2) is 13.8 Å². The Morgan fingerprint density at radius 1 is 1.32 bits per heavy atom. The highest BCUT2D eigenvalue weighted by atomic mass is 127. The van der Waals surface area contributed by atoms with Gasteiger partial charge in [0.1, 0.15) is 11.6 Å². The van der Waals surface area contributed by atoms with E-state index in [1.54, 1.807) is 11.3 Å². The Hall–Kier alpha value is -1.29. The molecule has 1 heterocycles. The summed E-state index contributed by atoms with van der Waals surface area (Å²) in [5.41, 5.74) is 1.06. The Kier molecular flexibility index (Phi) is 9.26. The maximum Gasteiger partial charge on any atom is 0.194 e. The van der Waals surface area contributed by atoms with E-state index in [1.165, 1.54) is 18.2 Å². The number of nitrogens with one attached hydrogen (secondary N) is 1. The number of halogens is 3. The molecule has 0 radical (unpaired) electrons. The van der Waals surface area contributed by atoms with E-state index in [9.17, 15) is 8.78 Å². The molecule has 0 saturated heterocycles. The fraction of sp³-hybridized carbons (Fsp3) is 0.412. The van der Waals surface area contributed by atoms with Gasteiger partial charge in [-0.05, 0) is 32.4 Å². The number of aliphatic imine (C=N–C) groups is 1. The van der Waals surface area contributed by atoms with Crippen molar-refractivity contribution in [2.24, 2.45) is 4.99 Å². The van der Waals surface area contributed by atoms with E-state index in [1.807, 2.05) is 31.2 Å². The minimum Gasteiger partial charge on any atom is -0.357 e. The lowest BCUT2D eigenvalue weighted by Gasteiger charge is -2.21. The van der Waals surface area contributed by atoms with Crippen LogP contribution in [0.5, 0.6) is 0 Å². The summed E-state index contributed by atoms with van der Waals surface area (Å²) in [7, 11) is 1.92. The second kappa shape index (κ2) is 10.6. The molecule has 0 spiro atoms. The van der Waals surface area contributed by atoms with Crippen LogP contribution in [0.3, 0.4) is 0 Å². The van der Waals surface area contributed by atoms with E-state index in [4.69, 9.17) is 0 Å². The third-order valence-electron chi connectivity index (χ3n) is 3.45. The van der Waals surface area contributed by atoms with Crippen molar-refractivity contribution in [1.29, 1.82) is 0 Å². The van der Waals surface area contributed by atoms with Gasteiger partial charge in [0.25, 0.3) is 0 Å². The molecule has 25 heavy (non-hydrogen) atoms. The van der Waals surface area contributed by atoms with Crippen molar-refractivity contribution in [2.45, 2.75) is 26.8 Å². The van der Waals surface area contributed by atoms with Crippen molar-refractivity contribution in [3.05, 3.63) is 51.5 Å². The Morgan fingerprint density at radius 3 is 2.56 bits per heavy atom. The zero-order valence-electron chi connectivity index (χ0n) is 14.6. The molecule has 4 nitrogen and oxygen atoms in total. The maximum atomic E-state index is 13.6. The van der Waals surface area contributed by atoms with Crippen molar-refractivity contribution < 1.29 is 8.78 Å². The topological polar surface area (TPSA) is 40.5 Å². The Morgan fingerprint density at radius 2 is 2.00 bits per heavy atom. The number of guanidine groups is 1. The van der Waals surface area contributed by atoms with Crippen LogP contribution in [0.25, 0.3) is 0 Å². The molecular weight excluding hydrogens is 457 g/mol. The lowest BCUT2D eigenvalue weighted by atomic mass is 10.1. The van der Waals surface area contributed by atoms with Crippen LogP contribution in [-0.2, 0) is 13.0 Å². The summed E-state index contributed by atoms with van der Waals surface area (Å²) < 4.78 is 27.3. The van der Waals surface area contributed by atoms with E-state index < -0.39 is 11.6 Å². The van der Waals surface area contributed by atoms with Gasteiger partial charge in [0.15, 0.2) is 5.96 Å². The smallest absolute Gasteiger partial charge is 0.194 e. The summed E-state index contributed by atoms with van der Waals surface area (Å²) in [6.45, 7) is 5.60. The number of hydrogen-bond acceptors (Lipinski definition) is 3. The van der Waals surface area contributed by atoms with Crippen molar-refractivity contribution in [1.82, 2.24) is 15.2 Å². The van der Waals surface area contributed by atoms with Gasteiger partial charge in [0.05, 0.1) is 17.2 Å². The molecule has 0 aliphatic rings. The van der Waals surface area contributed by atoms with Crippen LogP contribution in [0.4, 0.5) is 8.78 Å². The Labute approximate surface area is 168 Å². The monoisotopic (exact) mass is 480 g/mol. The molecule has 0 fully saturated rings. The zero-order chi connectivity index (χ0) is 17.5. The second-order valence-electron chi connectivity index (χ2n) is 5.40. The van der Waals surface area contributed by atoms with E-state index >= 15 is 0 Å². The lowest BCUT2D eigenvalue weighted by Crippen LogP contribution is -2.38. The van der Waals surface area contributed by atoms with Crippen molar-refractivity contribution in [3.8, 4) is 0 Å². The van der Waals surface area contributed by atoms with Crippen LogP contribution < -0.4 is 5.32 Å². The van der Waals surface area contributed by atoms with Crippen molar-refractivity contribution in [3.63, 3.8) is 0 Å². The first-order valence-electron chi connectivity index (χ1n) is 7.84. The molecule has 1 N–H and O–H groups in total. The van der Waals surface area contributed by atoms with E-state index in [2.05, 4.69) is 15.3 Å². The molecule has 0 saturated carbocycles. The van der Waals surface area contributed by atoms with Crippen LogP contribution in [0.2, 0.25) is 0 Å². The maximum absolute atomic E-state index is 13.6. The van der Waals surface area contributed by atoms with Crippen LogP contribution in [0.15, 0.2) is 28.6 Å². The van der Waals surface area contributed by atoms with E-state index in [0.717, 1.165) is 10.7 Å². The van der Waals surface area contributed by atoms with Crippen molar-refractivity contribution >= 4 is 41.3 Å². The average molecular weight is 480 g/mol. The molecule has 2 rings (SSSR count). The Bertz CT molecular complexity index is 685. The molecule has 0 aliphatic carbocycles. The molecule has 0 amide bonds. The number of aromatic nitrogens is 1. The summed E-state index contributed by atoms with van der Waals surface area (Å²) in [5, 5.41) is 6.23. The molecule has 8 heteroatoms. The molecule has 2 aromatic rings. The first kappa shape index (κ1) is 21.8. The quantitative estimate of drug-likeness (QED) is 0.386. The summed E-state index contributed by atoms with van der Waals surface area (Å²) in [6.07, 6.45) is 0.219. The van der Waals surface area contributed by atoms with Gasteiger partial charge in [-0.1, -0.05) is 6.07 Å². The molecule has 1 aromatic carbocycles. The Balaban J connectivity index is 0.00000312. The average Bonchev–Trinajstić information content (AvgIpc) is 2.94. The first-order chi connectivity index (χ1) is 11.5. The summed E-state index contributed by atoms with van der Waals surface area (Å²) >= 11 is 1.61. The summed E-state index contributed by atoms with van der Waals surface area (Å²) in [5.74, 6) is -0.358. The number of aryl methyl sites for hydroxylation is 1. The highest BCUT2D eigenvalue weighted by molar-refractivity contribution is 14.0. The lowest BCUT2D eigenvalue weighted by molar-refractivity contribution is 0.470. The third-order valence-corrected chi connectivity index (χ3v) is 4.27. The fourth-order valence-corrected chi connectivity index (χ4v) is 2.92. The predicted molar refractivity (Wildman–Crippen MR) is 110 cm³/mol. The van der Waals surface area contributed by atoms with Gasteiger partial charge < -0.3 is 10.2 Å². The summed E-state index contributed by atoms with van der Waals surface area (Å²) in [4.78, 5) is 10.9. The normalized spacial score (nSPS) is 11.2. The summed E-state index contributed by atoms with van der Waals surface area (Å²) in [6, 6.07) is 3.90. The molecule has 0 bridgehead atoms. The highest BCUT2D eigenvalue weighted by Crippen LogP contribution is 2.13. The first-order valence-corrected chi connectivity index (χ1v) is 8.72. The molecule has 0 aliphatic heterocycles. The second-order valence-corrected chi connectivity index (χ2v) is 6.46. The molecule has 138 valence electrons. The SMILES string of the molecule is CCNC(=NCCc1c(F)cccc1F)N(C)Cc1csc(C)n1.I. The zero-order valence-corrected chi connectivity index (χ0v) is 17.7. The molecular formula is C17H23F2IN4S. The predicted octanol–water partition coefficient (Wildman–Crippen LogP) is 3.99. The minimum atomic E-state index is -0.526. The van der Waals surface area contributed by atoms with Gasteiger partial charge in [-0.3, -0.25) is 4.99 Å². The molecule has 0 atom stereocenters. The van der Waals surface area contributed by atoms with Crippen molar-refractivity contribution in [2.75, 3.05) is 20.1 Å². The molecule has 0 unspecified atom stereocenters. The number of hydrogen-bond donors (Lipinski definition) is 1. The van der Waals surface area contributed by atoms with Crippen LogP contribution in [0, 0.1) is 18.6 Å². The molecule has 1 aromatic heterocycles. The van der Waals surface area contributed by atoms with Gasteiger partial charge >= 0.3 is 0 Å². The number of benzene rings is 1. The largest absolute Gasteiger partial charge is 0.357 e.